The molecule has 3 N–H and O–H groups in total. The van der Waals surface area contributed by atoms with Gasteiger partial charge in [0.2, 0.25) is 0 Å². The van der Waals surface area contributed by atoms with Crippen molar-refractivity contribution in [3.63, 3.8) is 0 Å². The highest BCUT2D eigenvalue weighted by atomic mass is 35.5. The summed E-state index contributed by atoms with van der Waals surface area (Å²) in [6.07, 6.45) is -3.07. The van der Waals surface area contributed by atoms with Crippen LogP contribution in [0.1, 0.15) is 15.9 Å². The Labute approximate surface area is 168 Å². The minimum atomic E-state index is -4.64. The van der Waals surface area contributed by atoms with Gasteiger partial charge in [0.15, 0.2) is 0 Å². The van der Waals surface area contributed by atoms with Crippen LogP contribution in [0.15, 0.2) is 54.7 Å². The van der Waals surface area contributed by atoms with Crippen LogP contribution in [0.25, 0.3) is 11.3 Å². The highest BCUT2D eigenvalue weighted by Gasteiger charge is 2.33. The lowest BCUT2D eigenvalue weighted by Gasteiger charge is -2.13. The molecule has 0 aliphatic rings. The Morgan fingerprint density at radius 1 is 1.04 bits per heavy atom. The topological polar surface area (TPSA) is 68.0 Å². The maximum Gasteiger partial charge on any atom is 0.417 e. The molecule has 0 fully saturated rings. The first-order chi connectivity index (χ1) is 13.2. The second kappa shape index (κ2) is 7.69. The summed E-state index contributed by atoms with van der Waals surface area (Å²) in [6, 6.07) is 11.0. The molecule has 1 aromatic heterocycles. The van der Waals surface area contributed by atoms with E-state index in [9.17, 15) is 18.0 Å². The number of hydrogen-bond acceptors (Lipinski definition) is 3. The van der Waals surface area contributed by atoms with Crippen molar-refractivity contribution in [3.8, 4) is 11.3 Å². The van der Waals surface area contributed by atoms with Gasteiger partial charge in [-0.25, -0.2) is 0 Å². The lowest BCUT2D eigenvalue weighted by atomic mass is 10.1. The molecule has 0 spiro atoms. The average Bonchev–Trinajstić information content (AvgIpc) is 2.62. The Balaban J connectivity index is 1.87. The van der Waals surface area contributed by atoms with Crippen molar-refractivity contribution in [3.05, 3.63) is 75.9 Å². The van der Waals surface area contributed by atoms with E-state index in [0.717, 1.165) is 12.1 Å². The Kier molecular flexibility index (Phi) is 5.49. The number of nitrogens with two attached hydrogens (primary N) is 1. The van der Waals surface area contributed by atoms with Crippen molar-refractivity contribution < 1.29 is 18.0 Å². The first kappa shape index (κ1) is 20.0. The van der Waals surface area contributed by atoms with Gasteiger partial charge in [-0.2, -0.15) is 13.2 Å². The van der Waals surface area contributed by atoms with E-state index < -0.39 is 22.7 Å². The summed E-state index contributed by atoms with van der Waals surface area (Å²) < 4.78 is 38.9. The lowest BCUT2D eigenvalue weighted by molar-refractivity contribution is -0.137. The molecule has 0 unspecified atom stereocenters. The van der Waals surface area contributed by atoms with Crippen molar-refractivity contribution in [2.45, 2.75) is 6.18 Å². The molecule has 3 aromatic rings. The molecular formula is C19H12Cl2F3N3O. The number of hydrogen-bond donors (Lipinski definition) is 2. The number of nitrogens with zero attached hydrogens (tertiary/aromatic N) is 1. The molecule has 4 nitrogen and oxygen atoms in total. The number of benzene rings is 2. The van der Waals surface area contributed by atoms with E-state index in [4.69, 9.17) is 28.9 Å². The lowest BCUT2D eigenvalue weighted by Crippen LogP contribution is -2.15. The van der Waals surface area contributed by atoms with Crippen molar-refractivity contribution in [2.24, 2.45) is 0 Å². The number of carbonyl (C=O) groups is 1. The molecular weight excluding hydrogens is 414 g/mol. The SMILES string of the molecule is Nc1cc(-c2ncccc2Cl)ccc1C(=O)Nc1ccc(Cl)c(C(F)(F)F)c1. The predicted octanol–water partition coefficient (Wildman–Crippen LogP) is 5.91. The summed E-state index contributed by atoms with van der Waals surface area (Å²) in [5, 5.41) is 2.35. The van der Waals surface area contributed by atoms with Crippen LogP contribution in [0.2, 0.25) is 10.0 Å². The number of carbonyl (C=O) groups excluding carboxylic acids is 1. The van der Waals surface area contributed by atoms with Gasteiger partial charge in [-0.3, -0.25) is 9.78 Å². The van der Waals surface area contributed by atoms with Gasteiger partial charge in [0.25, 0.3) is 5.91 Å². The summed E-state index contributed by atoms with van der Waals surface area (Å²) in [6.45, 7) is 0. The maximum atomic E-state index is 13.0. The monoisotopic (exact) mass is 425 g/mol. The number of nitrogen functional groups attached to an aromatic ring is 1. The molecule has 144 valence electrons. The van der Waals surface area contributed by atoms with Crippen LogP contribution in [-0.4, -0.2) is 10.9 Å². The standard InChI is InChI=1S/C19H12Cl2F3N3O/c20-14-6-4-11(9-13(14)19(22,23)24)27-18(28)12-5-3-10(8-16(12)25)17-15(21)2-1-7-26-17/h1-9H,25H2,(H,27,28). The van der Waals surface area contributed by atoms with E-state index in [0.29, 0.717) is 16.3 Å². The number of aromatic nitrogens is 1. The first-order valence-corrected chi connectivity index (χ1v) is 8.61. The van der Waals surface area contributed by atoms with E-state index in [1.54, 1.807) is 24.4 Å². The largest absolute Gasteiger partial charge is 0.417 e. The molecule has 0 saturated carbocycles. The van der Waals surface area contributed by atoms with Gasteiger partial charge in [0.05, 0.1) is 26.9 Å². The van der Waals surface area contributed by atoms with Gasteiger partial charge in [0, 0.05) is 23.1 Å². The van der Waals surface area contributed by atoms with Gasteiger partial charge < -0.3 is 11.1 Å². The third-order valence-corrected chi connectivity index (χ3v) is 4.49. The van der Waals surface area contributed by atoms with Crippen LogP contribution in [0.3, 0.4) is 0 Å². The van der Waals surface area contributed by atoms with Crippen LogP contribution in [-0.2, 0) is 6.18 Å². The normalized spacial score (nSPS) is 11.3. The minimum absolute atomic E-state index is 0.0574. The second-order valence-electron chi connectivity index (χ2n) is 5.78. The third kappa shape index (κ3) is 4.21. The number of alkyl halides is 3. The van der Waals surface area contributed by atoms with Gasteiger partial charge in [0.1, 0.15) is 0 Å². The molecule has 2 aromatic carbocycles. The van der Waals surface area contributed by atoms with E-state index in [1.165, 1.54) is 18.2 Å². The zero-order valence-corrected chi connectivity index (χ0v) is 15.5. The van der Waals surface area contributed by atoms with Crippen LogP contribution >= 0.6 is 23.2 Å². The fraction of sp³-hybridized carbons (Fsp3) is 0.0526. The summed E-state index contributed by atoms with van der Waals surface area (Å²) in [5.74, 6) is -0.661. The van der Waals surface area contributed by atoms with Crippen molar-refractivity contribution in [1.29, 1.82) is 0 Å². The van der Waals surface area contributed by atoms with Gasteiger partial charge >= 0.3 is 6.18 Å². The van der Waals surface area contributed by atoms with Gasteiger partial charge in [-0.05, 0) is 42.5 Å². The summed E-state index contributed by atoms with van der Waals surface area (Å²) >= 11 is 11.7. The second-order valence-corrected chi connectivity index (χ2v) is 6.60. The molecule has 0 aliphatic carbocycles. The van der Waals surface area contributed by atoms with Gasteiger partial charge in [-0.15, -0.1) is 0 Å². The Hall–Kier alpha value is -2.77. The van der Waals surface area contributed by atoms with Crippen LogP contribution < -0.4 is 11.1 Å². The molecule has 0 radical (unpaired) electrons. The predicted molar refractivity (Wildman–Crippen MR) is 104 cm³/mol. The summed E-state index contributed by atoms with van der Waals surface area (Å²) in [7, 11) is 0. The Bertz CT molecular complexity index is 1050. The molecule has 28 heavy (non-hydrogen) atoms. The number of rotatable bonds is 3. The van der Waals surface area contributed by atoms with Crippen LogP contribution in [0.5, 0.6) is 0 Å². The summed E-state index contributed by atoms with van der Waals surface area (Å²) in [5.41, 5.74) is 6.18. The Morgan fingerprint density at radius 3 is 2.43 bits per heavy atom. The average molecular weight is 426 g/mol. The van der Waals surface area contributed by atoms with Crippen LogP contribution in [0, 0.1) is 0 Å². The smallest absolute Gasteiger partial charge is 0.398 e. The van der Waals surface area contributed by atoms with E-state index in [1.807, 2.05) is 0 Å². The zero-order chi connectivity index (χ0) is 20.5. The highest BCUT2D eigenvalue weighted by Crippen LogP contribution is 2.36. The maximum absolute atomic E-state index is 13.0. The van der Waals surface area contributed by atoms with E-state index in [-0.39, 0.29) is 16.9 Å². The van der Waals surface area contributed by atoms with E-state index >= 15 is 0 Å². The molecule has 0 bridgehead atoms. The molecule has 9 heteroatoms. The molecule has 0 atom stereocenters. The fourth-order valence-electron chi connectivity index (χ4n) is 2.53. The molecule has 0 aliphatic heterocycles. The van der Waals surface area contributed by atoms with E-state index in [2.05, 4.69) is 10.3 Å². The van der Waals surface area contributed by atoms with Crippen LogP contribution in [0.4, 0.5) is 24.5 Å². The number of nitrogens with one attached hydrogen (secondary N) is 1. The van der Waals surface area contributed by atoms with Crippen molar-refractivity contribution in [2.75, 3.05) is 11.1 Å². The minimum Gasteiger partial charge on any atom is -0.398 e. The number of amides is 1. The Morgan fingerprint density at radius 2 is 1.79 bits per heavy atom. The number of halogens is 5. The van der Waals surface area contributed by atoms with Crippen molar-refractivity contribution >= 4 is 40.5 Å². The number of pyridine rings is 1. The van der Waals surface area contributed by atoms with Crippen molar-refractivity contribution in [1.82, 2.24) is 4.98 Å². The fourth-order valence-corrected chi connectivity index (χ4v) is 2.99. The summed E-state index contributed by atoms with van der Waals surface area (Å²) in [4.78, 5) is 16.6. The molecule has 1 amide bonds. The van der Waals surface area contributed by atoms with Gasteiger partial charge in [-0.1, -0.05) is 29.3 Å². The third-order valence-electron chi connectivity index (χ3n) is 3.86. The quantitative estimate of drug-likeness (QED) is 0.512. The molecule has 3 rings (SSSR count). The highest BCUT2D eigenvalue weighted by molar-refractivity contribution is 6.33. The zero-order valence-electron chi connectivity index (χ0n) is 14.0. The number of anilines is 2. The molecule has 1 heterocycles. The molecule has 0 saturated heterocycles. The first-order valence-electron chi connectivity index (χ1n) is 7.85.